The van der Waals surface area contributed by atoms with Crippen LogP contribution in [0.25, 0.3) is 110 Å². The van der Waals surface area contributed by atoms with Gasteiger partial charge in [0.1, 0.15) is 11.2 Å². The van der Waals surface area contributed by atoms with Crippen molar-refractivity contribution in [1.29, 1.82) is 0 Å². The van der Waals surface area contributed by atoms with Gasteiger partial charge in [-0.15, -0.1) is 0 Å². The zero-order valence-corrected chi connectivity index (χ0v) is 44.8. The maximum absolute atomic E-state index is 6.88. The standard InChI is InChI=1S/C77H52N2O2/c1-77(2)64-36-20-33-58-63-47-52(78(66-37-16-12-29-54(66)49-23-6-3-7-24-49)68-39-21-34-60-56-31-14-18-41-70(56)80-75(60)68)43-45-59(63)72(51-27-10-5-11-28-51)74(73(58)64)62-46-44-53(48-65(62)77)79(67-38-17-13-30-55(67)50-25-8-4-9-26-50)69-40-22-35-61-57-32-15-19-42-71(57)81-76(61)69/h3-48H,1-2H3. The second kappa shape index (κ2) is 18.3. The lowest BCUT2D eigenvalue weighted by molar-refractivity contribution is 0.645. The van der Waals surface area contributed by atoms with Crippen molar-refractivity contribution in [3.8, 4) is 44.5 Å². The summed E-state index contributed by atoms with van der Waals surface area (Å²) < 4.78 is 13.8. The highest BCUT2D eigenvalue weighted by molar-refractivity contribution is 6.25. The quantitative estimate of drug-likeness (QED) is 0.135. The van der Waals surface area contributed by atoms with Crippen molar-refractivity contribution in [3.05, 3.63) is 290 Å². The Hall–Kier alpha value is -10.4. The average Bonchev–Trinajstić information content (AvgIpc) is 3.46. The minimum absolute atomic E-state index is 0.426. The number of anilines is 6. The van der Waals surface area contributed by atoms with Gasteiger partial charge in [0.2, 0.25) is 0 Å². The molecule has 2 heterocycles. The fourth-order valence-corrected chi connectivity index (χ4v) is 13.4. The Morgan fingerprint density at radius 3 is 1.31 bits per heavy atom. The highest BCUT2D eigenvalue weighted by Crippen LogP contribution is 2.57. The Bertz CT molecular complexity index is 4980. The summed E-state index contributed by atoms with van der Waals surface area (Å²) in [5, 5.41) is 9.23. The van der Waals surface area contributed by atoms with Gasteiger partial charge in [-0.05, 0) is 127 Å². The van der Waals surface area contributed by atoms with Crippen molar-refractivity contribution in [2.24, 2.45) is 0 Å². The second-order valence-electron chi connectivity index (χ2n) is 21.9. The largest absolute Gasteiger partial charge is 0.454 e. The predicted octanol–water partition coefficient (Wildman–Crippen LogP) is 22.0. The molecule has 4 heteroatoms. The molecule has 15 aromatic rings. The van der Waals surface area contributed by atoms with Gasteiger partial charge >= 0.3 is 0 Å². The van der Waals surface area contributed by atoms with Crippen LogP contribution in [0.15, 0.2) is 288 Å². The van der Waals surface area contributed by atoms with Crippen LogP contribution in [0, 0.1) is 0 Å². The molecule has 382 valence electrons. The van der Waals surface area contributed by atoms with Gasteiger partial charge in [0.25, 0.3) is 0 Å². The van der Waals surface area contributed by atoms with Gasteiger partial charge in [-0.1, -0.05) is 232 Å². The third kappa shape index (κ3) is 7.23. The van der Waals surface area contributed by atoms with Crippen LogP contribution in [0.5, 0.6) is 0 Å². The van der Waals surface area contributed by atoms with Crippen molar-refractivity contribution in [3.63, 3.8) is 0 Å². The summed E-state index contributed by atoms with van der Waals surface area (Å²) in [4.78, 5) is 4.84. The maximum Gasteiger partial charge on any atom is 0.159 e. The summed E-state index contributed by atoms with van der Waals surface area (Å²) >= 11 is 0. The van der Waals surface area contributed by atoms with Gasteiger partial charge in [0.05, 0.1) is 22.7 Å². The lowest BCUT2D eigenvalue weighted by Gasteiger charge is -2.38. The number of nitrogens with zero attached hydrogens (tertiary/aromatic N) is 2. The molecule has 0 aliphatic heterocycles. The van der Waals surface area contributed by atoms with Crippen LogP contribution in [0.2, 0.25) is 0 Å². The molecule has 0 spiro atoms. The smallest absolute Gasteiger partial charge is 0.159 e. The van der Waals surface area contributed by atoms with Gasteiger partial charge < -0.3 is 18.6 Å². The van der Waals surface area contributed by atoms with E-state index in [0.717, 1.165) is 100 Å². The summed E-state index contributed by atoms with van der Waals surface area (Å²) in [6.45, 7) is 4.82. The number of hydrogen-bond acceptors (Lipinski definition) is 4. The number of para-hydroxylation sites is 6. The molecular formula is C77H52N2O2. The molecule has 0 N–H and O–H groups in total. The fraction of sp³-hybridized carbons (Fsp3) is 0.0390. The molecule has 81 heavy (non-hydrogen) atoms. The topological polar surface area (TPSA) is 32.8 Å². The number of hydrogen-bond donors (Lipinski definition) is 0. The number of fused-ring (bicyclic) bond motifs is 10. The third-order valence-electron chi connectivity index (χ3n) is 17.0. The Balaban J connectivity index is 0.955. The van der Waals surface area contributed by atoms with E-state index in [1.807, 2.05) is 12.1 Å². The van der Waals surface area contributed by atoms with E-state index in [0.29, 0.717) is 0 Å². The number of benzene rings is 13. The molecule has 0 saturated carbocycles. The molecule has 16 rings (SSSR count). The van der Waals surface area contributed by atoms with Gasteiger partial charge in [0.15, 0.2) is 11.2 Å². The van der Waals surface area contributed by atoms with Crippen LogP contribution in [0.1, 0.15) is 25.0 Å². The first-order valence-electron chi connectivity index (χ1n) is 27.9. The normalized spacial score (nSPS) is 12.7. The summed E-state index contributed by atoms with van der Waals surface area (Å²) in [6, 6.07) is 101. The third-order valence-corrected chi connectivity index (χ3v) is 17.0. The van der Waals surface area contributed by atoms with Crippen molar-refractivity contribution < 1.29 is 8.83 Å². The SMILES string of the molecule is CC1(C)c2cc(N(c3ccccc3-c3ccccc3)c3cccc4c3oc3ccccc34)ccc2-c2c(-c3ccccc3)c3ccc(N(c4ccccc4-c4ccccc4)c4cccc5c4oc4ccccc45)cc3c3cccc1c23. The molecule has 0 fully saturated rings. The van der Waals surface area contributed by atoms with E-state index in [9.17, 15) is 0 Å². The molecule has 0 unspecified atom stereocenters. The minimum atomic E-state index is -0.426. The molecule has 0 radical (unpaired) electrons. The fourth-order valence-electron chi connectivity index (χ4n) is 13.4. The van der Waals surface area contributed by atoms with Crippen molar-refractivity contribution in [2.75, 3.05) is 9.80 Å². The van der Waals surface area contributed by atoms with Gasteiger partial charge in [-0.3, -0.25) is 0 Å². The molecule has 13 aromatic carbocycles. The van der Waals surface area contributed by atoms with E-state index in [4.69, 9.17) is 8.83 Å². The number of furan rings is 2. The van der Waals surface area contributed by atoms with Crippen molar-refractivity contribution >= 4 is 99.5 Å². The molecule has 1 aliphatic carbocycles. The highest BCUT2D eigenvalue weighted by Gasteiger charge is 2.37. The zero-order chi connectivity index (χ0) is 53.8. The molecule has 2 aromatic heterocycles. The van der Waals surface area contributed by atoms with Gasteiger partial charge in [-0.25, -0.2) is 0 Å². The lowest BCUT2D eigenvalue weighted by atomic mass is 9.66. The molecule has 0 atom stereocenters. The molecule has 0 saturated heterocycles. The van der Waals surface area contributed by atoms with Crippen LogP contribution < -0.4 is 9.80 Å². The molecule has 4 nitrogen and oxygen atoms in total. The predicted molar refractivity (Wildman–Crippen MR) is 339 cm³/mol. The van der Waals surface area contributed by atoms with Gasteiger partial charge in [0, 0.05) is 49.5 Å². The maximum atomic E-state index is 6.88. The Morgan fingerprint density at radius 2 is 0.728 bits per heavy atom. The van der Waals surface area contributed by atoms with Crippen LogP contribution in [0.3, 0.4) is 0 Å². The first-order chi connectivity index (χ1) is 40.0. The lowest BCUT2D eigenvalue weighted by Crippen LogP contribution is -2.25. The van der Waals surface area contributed by atoms with Crippen molar-refractivity contribution in [2.45, 2.75) is 19.3 Å². The van der Waals surface area contributed by atoms with E-state index in [1.165, 1.54) is 54.9 Å². The van der Waals surface area contributed by atoms with Crippen LogP contribution in [-0.4, -0.2) is 0 Å². The van der Waals surface area contributed by atoms with Crippen LogP contribution in [0.4, 0.5) is 34.1 Å². The van der Waals surface area contributed by atoms with Gasteiger partial charge in [-0.2, -0.15) is 0 Å². The van der Waals surface area contributed by atoms with E-state index < -0.39 is 5.41 Å². The van der Waals surface area contributed by atoms with E-state index in [1.54, 1.807) is 0 Å². The first-order valence-corrected chi connectivity index (χ1v) is 27.9. The summed E-state index contributed by atoms with van der Waals surface area (Å²) in [5.41, 5.74) is 21.1. The monoisotopic (exact) mass is 1040 g/mol. The molecule has 0 amide bonds. The van der Waals surface area contributed by atoms with Crippen LogP contribution in [-0.2, 0) is 5.41 Å². The zero-order valence-electron chi connectivity index (χ0n) is 44.8. The molecule has 0 bridgehead atoms. The molecule has 1 aliphatic rings. The number of rotatable bonds is 9. The Labute approximate surface area is 469 Å². The Morgan fingerprint density at radius 1 is 0.284 bits per heavy atom. The minimum Gasteiger partial charge on any atom is -0.454 e. The van der Waals surface area contributed by atoms with E-state index in [-0.39, 0.29) is 0 Å². The summed E-state index contributed by atoms with van der Waals surface area (Å²) in [6.07, 6.45) is 0. The second-order valence-corrected chi connectivity index (χ2v) is 21.9. The summed E-state index contributed by atoms with van der Waals surface area (Å²) in [7, 11) is 0. The first kappa shape index (κ1) is 46.7. The highest BCUT2D eigenvalue weighted by atomic mass is 16.3. The molecular weight excluding hydrogens is 985 g/mol. The van der Waals surface area contributed by atoms with Crippen LogP contribution >= 0.6 is 0 Å². The average molecular weight is 1040 g/mol. The van der Waals surface area contributed by atoms with E-state index >= 15 is 0 Å². The van der Waals surface area contributed by atoms with Crippen molar-refractivity contribution in [1.82, 2.24) is 0 Å². The Kier molecular flexibility index (Phi) is 10.6. The van der Waals surface area contributed by atoms with E-state index in [2.05, 4.69) is 291 Å². The summed E-state index contributed by atoms with van der Waals surface area (Å²) in [5.74, 6) is 0.